The van der Waals surface area contributed by atoms with E-state index < -0.39 is 11.5 Å². The van der Waals surface area contributed by atoms with Crippen molar-refractivity contribution in [1.29, 1.82) is 0 Å². The van der Waals surface area contributed by atoms with Gasteiger partial charge in [-0.05, 0) is 24.4 Å². The van der Waals surface area contributed by atoms with Gasteiger partial charge in [-0.2, -0.15) is 0 Å². The minimum atomic E-state index is -0.857. The van der Waals surface area contributed by atoms with Crippen LogP contribution in [0.3, 0.4) is 0 Å². The summed E-state index contributed by atoms with van der Waals surface area (Å²) < 4.78 is 3.68. The molecule has 0 radical (unpaired) electrons. The van der Waals surface area contributed by atoms with Crippen LogP contribution < -0.4 is 0 Å². The van der Waals surface area contributed by atoms with Gasteiger partial charge >= 0.3 is 5.97 Å². The Labute approximate surface area is 115 Å². The van der Waals surface area contributed by atoms with Crippen molar-refractivity contribution in [3.05, 3.63) is 11.1 Å². The first-order valence-corrected chi connectivity index (χ1v) is 7.10. The molecule has 19 heavy (non-hydrogen) atoms. The first-order valence-electron chi connectivity index (χ1n) is 6.32. The van der Waals surface area contributed by atoms with Crippen molar-refractivity contribution < 1.29 is 14.7 Å². The number of aliphatic carboxylic acids is 1. The smallest absolute Gasteiger partial charge is 0.305 e. The Morgan fingerprint density at radius 1 is 1.42 bits per heavy atom. The lowest BCUT2D eigenvalue weighted by Crippen LogP contribution is -2.52. The maximum absolute atomic E-state index is 12.4. The average molecular weight is 283 g/mol. The minimum absolute atomic E-state index is 0.00146. The minimum Gasteiger partial charge on any atom is -0.481 e. The van der Waals surface area contributed by atoms with E-state index in [-0.39, 0.29) is 12.3 Å². The fourth-order valence-corrected chi connectivity index (χ4v) is 3.26. The van der Waals surface area contributed by atoms with E-state index in [1.165, 1.54) is 6.20 Å². The van der Waals surface area contributed by atoms with Crippen molar-refractivity contribution in [3.63, 3.8) is 0 Å². The Hall–Kier alpha value is -1.50. The fourth-order valence-electron chi connectivity index (χ4n) is 2.76. The van der Waals surface area contributed by atoms with Crippen LogP contribution in [0, 0.1) is 0 Å². The maximum atomic E-state index is 12.4. The topological polar surface area (TPSA) is 83.4 Å². The molecule has 1 N–H and O–H groups in total. The maximum Gasteiger partial charge on any atom is 0.305 e. The van der Waals surface area contributed by atoms with Gasteiger partial charge < -0.3 is 10.0 Å². The lowest BCUT2D eigenvalue weighted by Gasteiger charge is -2.43. The summed E-state index contributed by atoms with van der Waals surface area (Å²) in [6, 6.07) is 0. The molecule has 0 aliphatic heterocycles. The molecule has 2 rings (SSSR count). The molecule has 6 nitrogen and oxygen atoms in total. The first kappa shape index (κ1) is 13.9. The predicted octanol–water partition coefficient (Wildman–Crippen LogP) is 1.79. The first-order chi connectivity index (χ1) is 9.05. The summed E-state index contributed by atoms with van der Waals surface area (Å²) in [7, 11) is 1.69. The van der Waals surface area contributed by atoms with Crippen molar-refractivity contribution in [2.24, 2.45) is 0 Å². The zero-order valence-corrected chi connectivity index (χ0v) is 11.7. The van der Waals surface area contributed by atoms with Gasteiger partial charge in [-0.15, -0.1) is 5.10 Å². The quantitative estimate of drug-likeness (QED) is 0.910. The summed E-state index contributed by atoms with van der Waals surface area (Å²) in [5.41, 5.74) is -0.564. The lowest BCUT2D eigenvalue weighted by molar-refractivity contribution is -0.140. The third-order valence-electron chi connectivity index (χ3n) is 3.85. The number of hydrogen-bond acceptors (Lipinski definition) is 5. The van der Waals surface area contributed by atoms with E-state index in [2.05, 4.69) is 9.59 Å². The highest BCUT2D eigenvalue weighted by molar-refractivity contribution is 7.07. The number of carbonyl (C=O) groups is 2. The van der Waals surface area contributed by atoms with Crippen LogP contribution in [0.2, 0.25) is 0 Å². The predicted molar refractivity (Wildman–Crippen MR) is 70.1 cm³/mol. The van der Waals surface area contributed by atoms with Gasteiger partial charge in [-0.3, -0.25) is 9.59 Å². The molecule has 1 aromatic rings. The van der Waals surface area contributed by atoms with E-state index in [9.17, 15) is 9.59 Å². The number of rotatable bonds is 4. The van der Waals surface area contributed by atoms with Crippen molar-refractivity contribution in [3.8, 4) is 0 Å². The fraction of sp³-hybridized carbons (Fsp3) is 0.667. The zero-order valence-electron chi connectivity index (χ0n) is 10.8. The third-order valence-corrected chi connectivity index (χ3v) is 4.51. The Balaban J connectivity index is 2.22. The molecule has 1 fully saturated rings. The largest absolute Gasteiger partial charge is 0.481 e. The van der Waals surface area contributed by atoms with Crippen molar-refractivity contribution in [1.82, 2.24) is 14.5 Å². The average Bonchev–Trinajstić information content (AvgIpc) is 2.91. The number of aromatic nitrogens is 2. The van der Waals surface area contributed by atoms with E-state index >= 15 is 0 Å². The van der Waals surface area contributed by atoms with Gasteiger partial charge in [0, 0.05) is 7.05 Å². The van der Waals surface area contributed by atoms with Crippen LogP contribution in [0.4, 0.5) is 0 Å². The second kappa shape index (κ2) is 5.64. The van der Waals surface area contributed by atoms with Crippen molar-refractivity contribution in [2.45, 2.75) is 44.1 Å². The second-order valence-corrected chi connectivity index (χ2v) is 5.79. The van der Waals surface area contributed by atoms with Crippen LogP contribution in [0.5, 0.6) is 0 Å². The lowest BCUT2D eigenvalue weighted by atomic mass is 9.78. The normalized spacial score (nSPS) is 17.9. The zero-order chi connectivity index (χ0) is 13.9. The van der Waals surface area contributed by atoms with Gasteiger partial charge in [0.2, 0.25) is 0 Å². The molecule has 0 bridgehead atoms. The number of hydrogen-bond donors (Lipinski definition) is 1. The summed E-state index contributed by atoms with van der Waals surface area (Å²) in [6.07, 6.45) is 5.95. The van der Waals surface area contributed by atoms with Gasteiger partial charge in [0.25, 0.3) is 5.91 Å². The molecule has 7 heteroatoms. The van der Waals surface area contributed by atoms with E-state index in [0.717, 1.165) is 43.6 Å². The third kappa shape index (κ3) is 2.91. The Morgan fingerprint density at radius 3 is 2.63 bits per heavy atom. The SMILES string of the molecule is CN(C(=O)c1cnns1)C1(CC(=O)O)CCCCC1. The van der Waals surface area contributed by atoms with Crippen LogP contribution in [-0.4, -0.2) is 44.1 Å². The van der Waals surface area contributed by atoms with Crippen LogP contribution in [0.1, 0.15) is 48.2 Å². The Morgan fingerprint density at radius 2 is 2.11 bits per heavy atom. The Kier molecular flexibility index (Phi) is 4.14. The highest BCUT2D eigenvalue weighted by Crippen LogP contribution is 2.36. The molecule has 1 aliphatic carbocycles. The highest BCUT2D eigenvalue weighted by Gasteiger charge is 2.41. The van der Waals surface area contributed by atoms with Crippen molar-refractivity contribution >= 4 is 23.4 Å². The summed E-state index contributed by atoms with van der Waals surface area (Å²) >= 11 is 1.04. The van der Waals surface area contributed by atoms with E-state index in [0.29, 0.717) is 4.88 Å². The second-order valence-electron chi connectivity index (χ2n) is 5.00. The molecule has 104 valence electrons. The van der Waals surface area contributed by atoms with Gasteiger partial charge in [0.1, 0.15) is 4.88 Å². The molecule has 1 amide bonds. The summed E-state index contributed by atoms with van der Waals surface area (Å²) in [5, 5.41) is 12.8. The molecular weight excluding hydrogens is 266 g/mol. The summed E-state index contributed by atoms with van der Waals surface area (Å²) in [4.78, 5) is 25.5. The van der Waals surface area contributed by atoms with Crippen LogP contribution in [0.15, 0.2) is 6.20 Å². The van der Waals surface area contributed by atoms with Crippen LogP contribution in [0.25, 0.3) is 0 Å². The Bertz CT molecular complexity index is 455. The standard InChI is InChI=1S/C12H17N3O3S/c1-15(11(18)9-8-13-14-19-9)12(7-10(16)17)5-3-2-4-6-12/h8H,2-7H2,1H3,(H,16,17). The molecule has 0 spiro atoms. The highest BCUT2D eigenvalue weighted by atomic mass is 32.1. The number of carboxylic acids is 1. The number of carbonyl (C=O) groups excluding carboxylic acids is 1. The molecule has 0 unspecified atom stereocenters. The molecule has 0 aromatic carbocycles. The molecule has 1 heterocycles. The molecule has 0 saturated heterocycles. The van der Waals surface area contributed by atoms with Gasteiger partial charge in [0.15, 0.2) is 0 Å². The van der Waals surface area contributed by atoms with Gasteiger partial charge in [-0.25, -0.2) is 0 Å². The van der Waals surface area contributed by atoms with E-state index in [4.69, 9.17) is 5.11 Å². The van der Waals surface area contributed by atoms with Crippen LogP contribution >= 0.6 is 11.5 Å². The molecular formula is C12H17N3O3S. The molecule has 1 aromatic heterocycles. The number of nitrogens with zero attached hydrogens (tertiary/aromatic N) is 3. The van der Waals surface area contributed by atoms with Crippen LogP contribution in [-0.2, 0) is 4.79 Å². The van der Waals surface area contributed by atoms with E-state index in [1.54, 1.807) is 11.9 Å². The number of carboxylic acid groups (broad SMARTS) is 1. The van der Waals surface area contributed by atoms with Crippen molar-refractivity contribution in [2.75, 3.05) is 7.05 Å². The monoisotopic (exact) mass is 283 g/mol. The molecule has 1 aliphatic rings. The van der Waals surface area contributed by atoms with Gasteiger partial charge in [-0.1, -0.05) is 23.8 Å². The molecule has 1 saturated carbocycles. The summed E-state index contributed by atoms with van der Waals surface area (Å²) in [6.45, 7) is 0. The summed E-state index contributed by atoms with van der Waals surface area (Å²) in [5.74, 6) is -1.04. The number of amides is 1. The molecule has 0 atom stereocenters. The van der Waals surface area contributed by atoms with E-state index in [1.807, 2.05) is 0 Å². The van der Waals surface area contributed by atoms with Gasteiger partial charge in [0.05, 0.1) is 18.2 Å².